The van der Waals surface area contributed by atoms with E-state index in [0.717, 1.165) is 11.1 Å². The van der Waals surface area contributed by atoms with E-state index in [1.165, 1.54) is 0 Å². The lowest BCUT2D eigenvalue weighted by molar-refractivity contribution is -0.257. The van der Waals surface area contributed by atoms with Gasteiger partial charge in [0.25, 0.3) is 0 Å². The third kappa shape index (κ3) is 4.08. The van der Waals surface area contributed by atoms with Gasteiger partial charge in [-0.1, -0.05) is 72.7 Å². The quantitative estimate of drug-likeness (QED) is 0.605. The van der Waals surface area contributed by atoms with Gasteiger partial charge in [0.05, 0.1) is 18.1 Å². The minimum atomic E-state index is -0.691. The summed E-state index contributed by atoms with van der Waals surface area (Å²) in [6, 6.07) is 19.4. The number of rotatable bonds is 5. The molecule has 0 amide bonds. The van der Waals surface area contributed by atoms with Crippen molar-refractivity contribution in [1.82, 2.24) is 0 Å². The number of oxime groups is 1. The molecule has 0 aliphatic carbocycles. The first-order valence-corrected chi connectivity index (χ1v) is 8.41. The number of benzene rings is 2. The van der Waals surface area contributed by atoms with Crippen LogP contribution in [0.5, 0.6) is 0 Å². The zero-order valence-electron chi connectivity index (χ0n) is 14.3. The molecule has 26 heavy (non-hydrogen) atoms. The molecule has 2 atom stereocenters. The Labute approximate surface area is 151 Å². The molecule has 0 saturated carbocycles. The Bertz CT molecular complexity index is 788. The molecule has 2 aromatic carbocycles. The first-order valence-electron chi connectivity index (χ1n) is 8.41. The van der Waals surface area contributed by atoms with Crippen LogP contribution in [0.1, 0.15) is 42.9 Å². The fraction of sp³-hybridized carbons (Fsp3) is 0.250. The van der Waals surface area contributed by atoms with Gasteiger partial charge in [-0.25, -0.2) is 19.4 Å². The summed E-state index contributed by atoms with van der Waals surface area (Å²) in [5, 5.41) is 4.11. The minimum Gasteiger partial charge on any atom is -0.387 e. The van der Waals surface area contributed by atoms with Gasteiger partial charge in [0.2, 0.25) is 0 Å². The van der Waals surface area contributed by atoms with Crippen molar-refractivity contribution in [3.8, 4) is 0 Å². The Morgan fingerprint density at radius 1 is 0.923 bits per heavy atom. The van der Waals surface area contributed by atoms with Crippen molar-refractivity contribution in [1.29, 1.82) is 0 Å². The summed E-state index contributed by atoms with van der Waals surface area (Å²) >= 11 is 0. The summed E-state index contributed by atoms with van der Waals surface area (Å²) in [6.45, 7) is 1.61. The number of carbonyl (C=O) groups excluding carboxylic acids is 2. The molecule has 2 aromatic rings. The second-order valence-electron chi connectivity index (χ2n) is 5.85. The summed E-state index contributed by atoms with van der Waals surface area (Å²) in [4.78, 5) is 37.8. The molecule has 1 heterocycles. The fourth-order valence-electron chi connectivity index (χ4n) is 2.81. The maximum Gasteiger partial charge on any atom is 0.361 e. The highest BCUT2D eigenvalue weighted by Crippen LogP contribution is 2.40. The fourth-order valence-corrected chi connectivity index (χ4v) is 2.81. The van der Waals surface area contributed by atoms with E-state index in [2.05, 4.69) is 14.9 Å². The highest BCUT2D eigenvalue weighted by molar-refractivity contribution is 6.03. The van der Waals surface area contributed by atoms with E-state index < -0.39 is 11.9 Å². The molecule has 0 radical (unpaired) electrons. The molecule has 0 N–H and O–H groups in total. The zero-order chi connectivity index (χ0) is 18.4. The molecule has 0 spiro atoms. The standard InChI is InChI=1S/C20H19NO5/c1-2-17(22)25-26-18(23)13-16-19(14-9-5-3-6-10-14)20(24-21-16)15-11-7-4-8-12-15/h3-12,19-20H,2,13H2,1H3. The van der Waals surface area contributed by atoms with Crippen molar-refractivity contribution in [2.75, 3.05) is 0 Å². The van der Waals surface area contributed by atoms with Gasteiger partial charge in [0.15, 0.2) is 6.10 Å². The normalized spacial score (nSPS) is 18.6. The monoisotopic (exact) mass is 353 g/mol. The average molecular weight is 353 g/mol. The van der Waals surface area contributed by atoms with Gasteiger partial charge < -0.3 is 4.84 Å². The van der Waals surface area contributed by atoms with Crippen molar-refractivity contribution >= 4 is 17.7 Å². The summed E-state index contributed by atoms with van der Waals surface area (Å²) < 4.78 is 0. The lowest BCUT2D eigenvalue weighted by Gasteiger charge is -2.19. The van der Waals surface area contributed by atoms with Gasteiger partial charge in [-0.15, -0.1) is 0 Å². The van der Waals surface area contributed by atoms with Crippen LogP contribution in [0.25, 0.3) is 0 Å². The number of hydrogen-bond acceptors (Lipinski definition) is 6. The van der Waals surface area contributed by atoms with E-state index in [4.69, 9.17) is 4.84 Å². The zero-order valence-corrected chi connectivity index (χ0v) is 14.3. The molecule has 0 bridgehead atoms. The molecule has 6 nitrogen and oxygen atoms in total. The van der Waals surface area contributed by atoms with Crippen LogP contribution in [0.2, 0.25) is 0 Å². The number of hydrogen-bond donors (Lipinski definition) is 0. The maximum atomic E-state index is 12.0. The van der Waals surface area contributed by atoms with Crippen LogP contribution in [-0.4, -0.2) is 17.7 Å². The minimum absolute atomic E-state index is 0.125. The molecule has 1 aliphatic heterocycles. The lowest BCUT2D eigenvalue weighted by Crippen LogP contribution is -2.20. The largest absolute Gasteiger partial charge is 0.387 e. The molecule has 1 aliphatic rings. The molecule has 6 heteroatoms. The van der Waals surface area contributed by atoms with E-state index in [0.29, 0.717) is 5.71 Å². The molecule has 0 saturated heterocycles. The maximum absolute atomic E-state index is 12.0. The molecular weight excluding hydrogens is 334 g/mol. The second kappa shape index (κ2) is 8.29. The summed E-state index contributed by atoms with van der Waals surface area (Å²) in [5.74, 6) is -1.53. The average Bonchev–Trinajstić information content (AvgIpc) is 3.10. The summed E-state index contributed by atoms with van der Waals surface area (Å²) in [7, 11) is 0. The van der Waals surface area contributed by atoms with Gasteiger partial charge in [-0.05, 0) is 11.1 Å². The van der Waals surface area contributed by atoms with E-state index in [-0.39, 0.29) is 24.9 Å². The van der Waals surface area contributed by atoms with Gasteiger partial charge in [0, 0.05) is 6.42 Å². The smallest absolute Gasteiger partial charge is 0.361 e. The van der Waals surface area contributed by atoms with Crippen LogP contribution in [0.4, 0.5) is 0 Å². The molecule has 134 valence electrons. The SMILES string of the molecule is CCC(=O)OOC(=O)CC1=NOC(c2ccccc2)C1c1ccccc1. The molecule has 2 unspecified atom stereocenters. The van der Waals surface area contributed by atoms with Crippen LogP contribution in [0.15, 0.2) is 65.8 Å². The van der Waals surface area contributed by atoms with Crippen LogP contribution in [-0.2, 0) is 24.2 Å². The third-order valence-electron chi connectivity index (χ3n) is 4.07. The van der Waals surface area contributed by atoms with E-state index in [9.17, 15) is 9.59 Å². The van der Waals surface area contributed by atoms with Crippen molar-refractivity contribution in [3.63, 3.8) is 0 Å². The van der Waals surface area contributed by atoms with Gasteiger partial charge >= 0.3 is 11.9 Å². The Kier molecular flexibility index (Phi) is 5.63. The first kappa shape index (κ1) is 17.7. The summed E-state index contributed by atoms with van der Waals surface area (Å²) in [5.41, 5.74) is 2.48. The highest BCUT2D eigenvalue weighted by Gasteiger charge is 2.37. The van der Waals surface area contributed by atoms with Crippen molar-refractivity contribution in [2.45, 2.75) is 31.8 Å². The third-order valence-corrected chi connectivity index (χ3v) is 4.07. The van der Waals surface area contributed by atoms with Crippen molar-refractivity contribution < 1.29 is 24.2 Å². The Morgan fingerprint density at radius 2 is 1.50 bits per heavy atom. The molecule has 0 fully saturated rings. The highest BCUT2D eigenvalue weighted by atomic mass is 17.2. The number of nitrogens with zero attached hydrogens (tertiary/aromatic N) is 1. The van der Waals surface area contributed by atoms with Crippen molar-refractivity contribution in [3.05, 3.63) is 71.8 Å². The Balaban J connectivity index is 1.78. The van der Waals surface area contributed by atoms with Crippen LogP contribution in [0, 0.1) is 0 Å². The molecular formula is C20H19NO5. The van der Waals surface area contributed by atoms with Crippen molar-refractivity contribution in [2.24, 2.45) is 5.16 Å². The lowest BCUT2D eigenvalue weighted by atomic mass is 9.85. The predicted octanol–water partition coefficient (Wildman–Crippen LogP) is 3.70. The van der Waals surface area contributed by atoms with Crippen LogP contribution >= 0.6 is 0 Å². The second-order valence-corrected chi connectivity index (χ2v) is 5.85. The Hall–Kier alpha value is -3.15. The molecule has 0 aromatic heterocycles. The van der Waals surface area contributed by atoms with E-state index in [1.54, 1.807) is 6.92 Å². The van der Waals surface area contributed by atoms with Crippen LogP contribution in [0.3, 0.4) is 0 Å². The topological polar surface area (TPSA) is 74.2 Å². The van der Waals surface area contributed by atoms with Gasteiger partial charge in [-0.3, -0.25) is 0 Å². The molecule has 3 rings (SSSR count). The first-order chi connectivity index (χ1) is 12.7. The summed E-state index contributed by atoms with van der Waals surface area (Å²) in [6.07, 6.45) is -0.334. The van der Waals surface area contributed by atoms with E-state index >= 15 is 0 Å². The van der Waals surface area contributed by atoms with Crippen LogP contribution < -0.4 is 0 Å². The van der Waals surface area contributed by atoms with Gasteiger partial charge in [-0.2, -0.15) is 0 Å². The Morgan fingerprint density at radius 3 is 2.12 bits per heavy atom. The van der Waals surface area contributed by atoms with Gasteiger partial charge in [0.1, 0.15) is 0 Å². The van der Waals surface area contributed by atoms with E-state index in [1.807, 2.05) is 60.7 Å². The predicted molar refractivity (Wildman–Crippen MR) is 94.0 cm³/mol. The number of carbonyl (C=O) groups is 2.